The molecule has 1 atom stereocenters. The molecular weight excluding hydrogens is 182 g/mol. The van der Waals surface area contributed by atoms with Crippen molar-refractivity contribution in [1.82, 2.24) is 4.90 Å². The smallest absolute Gasteiger partial charge is 0.321 e. The van der Waals surface area contributed by atoms with Crippen LogP contribution in [0.1, 0.15) is 20.8 Å². The average molecular weight is 203 g/mol. The van der Waals surface area contributed by atoms with Gasteiger partial charge in [-0.05, 0) is 19.9 Å². The van der Waals surface area contributed by atoms with E-state index in [2.05, 4.69) is 0 Å². The molecule has 0 saturated heterocycles. The maximum absolute atomic E-state index is 10.9. The van der Waals surface area contributed by atoms with Crippen molar-refractivity contribution in [3.63, 3.8) is 0 Å². The highest BCUT2D eigenvalue weighted by Crippen LogP contribution is 2.08. The Balaban J connectivity index is 4.02. The monoisotopic (exact) mass is 203 g/mol. The first-order valence-electron chi connectivity index (χ1n) is 5.01. The summed E-state index contributed by atoms with van der Waals surface area (Å²) >= 11 is 0. The van der Waals surface area contributed by atoms with Crippen molar-refractivity contribution < 1.29 is 14.6 Å². The predicted octanol–water partition coefficient (Wildman–Crippen LogP) is 1.06. The molecule has 4 heteroatoms. The van der Waals surface area contributed by atoms with Crippen LogP contribution in [0.4, 0.5) is 0 Å². The lowest BCUT2D eigenvalue weighted by Crippen LogP contribution is -2.43. The van der Waals surface area contributed by atoms with Crippen LogP contribution < -0.4 is 0 Å². The SMILES string of the molecule is CCOCCN(C)C(C(=O)O)C(C)C. The summed E-state index contributed by atoms with van der Waals surface area (Å²) in [7, 11) is 1.82. The van der Waals surface area contributed by atoms with E-state index in [1.54, 1.807) is 0 Å². The first kappa shape index (κ1) is 13.4. The van der Waals surface area contributed by atoms with Crippen molar-refractivity contribution in [2.24, 2.45) is 5.92 Å². The molecule has 0 saturated carbocycles. The molecule has 0 aliphatic heterocycles. The van der Waals surface area contributed by atoms with E-state index in [4.69, 9.17) is 9.84 Å². The van der Waals surface area contributed by atoms with E-state index in [0.29, 0.717) is 19.8 Å². The summed E-state index contributed by atoms with van der Waals surface area (Å²) in [5, 5.41) is 8.99. The van der Waals surface area contributed by atoms with Crippen molar-refractivity contribution in [2.75, 3.05) is 26.8 Å². The van der Waals surface area contributed by atoms with Gasteiger partial charge < -0.3 is 9.84 Å². The van der Waals surface area contributed by atoms with E-state index in [1.807, 2.05) is 32.7 Å². The van der Waals surface area contributed by atoms with Crippen LogP contribution in [0, 0.1) is 5.92 Å². The van der Waals surface area contributed by atoms with Gasteiger partial charge in [0.05, 0.1) is 6.61 Å². The number of hydrogen-bond acceptors (Lipinski definition) is 3. The molecule has 0 rings (SSSR count). The van der Waals surface area contributed by atoms with Crippen LogP contribution in [-0.2, 0) is 9.53 Å². The first-order chi connectivity index (χ1) is 6.50. The van der Waals surface area contributed by atoms with E-state index in [1.165, 1.54) is 0 Å². The lowest BCUT2D eigenvalue weighted by molar-refractivity contribution is -0.144. The molecule has 4 nitrogen and oxygen atoms in total. The van der Waals surface area contributed by atoms with Gasteiger partial charge in [-0.2, -0.15) is 0 Å². The number of hydrogen-bond donors (Lipinski definition) is 1. The summed E-state index contributed by atoms with van der Waals surface area (Å²) in [5.74, 6) is -0.655. The number of carboxylic acids is 1. The van der Waals surface area contributed by atoms with Crippen molar-refractivity contribution in [3.8, 4) is 0 Å². The summed E-state index contributed by atoms with van der Waals surface area (Å²) < 4.78 is 5.18. The van der Waals surface area contributed by atoms with Crippen LogP contribution in [0.15, 0.2) is 0 Å². The second kappa shape index (κ2) is 6.79. The van der Waals surface area contributed by atoms with Gasteiger partial charge in [-0.15, -0.1) is 0 Å². The zero-order chi connectivity index (χ0) is 11.1. The second-order valence-corrected chi connectivity index (χ2v) is 3.70. The highest BCUT2D eigenvalue weighted by Gasteiger charge is 2.25. The lowest BCUT2D eigenvalue weighted by atomic mass is 10.0. The molecule has 0 aliphatic rings. The van der Waals surface area contributed by atoms with E-state index < -0.39 is 12.0 Å². The highest BCUT2D eigenvalue weighted by molar-refractivity contribution is 5.73. The molecule has 0 aromatic heterocycles. The molecule has 0 heterocycles. The molecule has 0 aliphatic carbocycles. The van der Waals surface area contributed by atoms with Gasteiger partial charge in [0, 0.05) is 13.2 Å². The van der Waals surface area contributed by atoms with Gasteiger partial charge in [0.2, 0.25) is 0 Å². The number of ether oxygens (including phenoxy) is 1. The maximum Gasteiger partial charge on any atom is 0.321 e. The van der Waals surface area contributed by atoms with E-state index in [-0.39, 0.29) is 5.92 Å². The third kappa shape index (κ3) is 4.58. The summed E-state index contributed by atoms with van der Waals surface area (Å²) in [6.07, 6.45) is 0. The minimum Gasteiger partial charge on any atom is -0.480 e. The third-order valence-corrected chi connectivity index (χ3v) is 2.15. The topological polar surface area (TPSA) is 49.8 Å². The molecule has 1 unspecified atom stereocenters. The Morgan fingerprint density at radius 1 is 1.50 bits per heavy atom. The van der Waals surface area contributed by atoms with Gasteiger partial charge >= 0.3 is 5.97 Å². The number of rotatable bonds is 7. The van der Waals surface area contributed by atoms with Crippen LogP contribution in [0.2, 0.25) is 0 Å². The Bertz CT molecular complexity index is 171. The van der Waals surface area contributed by atoms with E-state index >= 15 is 0 Å². The minimum atomic E-state index is -0.765. The molecular formula is C10H21NO3. The van der Waals surface area contributed by atoms with Crippen molar-refractivity contribution in [1.29, 1.82) is 0 Å². The Morgan fingerprint density at radius 3 is 2.43 bits per heavy atom. The summed E-state index contributed by atoms with van der Waals surface area (Å²) in [6.45, 7) is 7.67. The molecule has 0 amide bonds. The van der Waals surface area contributed by atoms with Gasteiger partial charge in [-0.3, -0.25) is 9.69 Å². The van der Waals surface area contributed by atoms with Gasteiger partial charge in [-0.25, -0.2) is 0 Å². The minimum absolute atomic E-state index is 0.110. The quantitative estimate of drug-likeness (QED) is 0.629. The van der Waals surface area contributed by atoms with E-state index in [9.17, 15) is 4.79 Å². The van der Waals surface area contributed by atoms with Crippen LogP contribution in [0.5, 0.6) is 0 Å². The summed E-state index contributed by atoms with van der Waals surface area (Å²) in [6, 6.07) is -0.421. The average Bonchev–Trinajstić information content (AvgIpc) is 2.03. The first-order valence-corrected chi connectivity index (χ1v) is 5.01. The number of nitrogens with zero attached hydrogens (tertiary/aromatic N) is 1. The fourth-order valence-electron chi connectivity index (χ4n) is 1.47. The zero-order valence-corrected chi connectivity index (χ0v) is 9.49. The third-order valence-electron chi connectivity index (χ3n) is 2.15. The standard InChI is InChI=1S/C10H21NO3/c1-5-14-7-6-11(4)9(8(2)3)10(12)13/h8-9H,5-7H2,1-4H3,(H,12,13). The molecule has 1 N–H and O–H groups in total. The maximum atomic E-state index is 10.9. The zero-order valence-electron chi connectivity index (χ0n) is 9.49. The molecule has 14 heavy (non-hydrogen) atoms. The molecule has 0 spiro atoms. The number of likely N-dealkylation sites (N-methyl/N-ethyl adjacent to an activating group) is 1. The fourth-order valence-corrected chi connectivity index (χ4v) is 1.47. The molecule has 0 aromatic carbocycles. The van der Waals surface area contributed by atoms with Crippen LogP contribution in [-0.4, -0.2) is 48.8 Å². The number of carbonyl (C=O) groups is 1. The normalized spacial score (nSPS) is 13.6. The lowest BCUT2D eigenvalue weighted by Gasteiger charge is -2.27. The van der Waals surface area contributed by atoms with Gasteiger partial charge in [0.15, 0.2) is 0 Å². The molecule has 0 bridgehead atoms. The predicted molar refractivity (Wildman–Crippen MR) is 55.4 cm³/mol. The Labute approximate surface area is 85.9 Å². The van der Waals surface area contributed by atoms with Crippen LogP contribution in [0.25, 0.3) is 0 Å². The number of aliphatic carboxylic acids is 1. The second-order valence-electron chi connectivity index (χ2n) is 3.70. The molecule has 0 radical (unpaired) electrons. The highest BCUT2D eigenvalue weighted by atomic mass is 16.5. The van der Waals surface area contributed by atoms with Crippen molar-refractivity contribution >= 4 is 5.97 Å². The fraction of sp³-hybridized carbons (Fsp3) is 0.900. The summed E-state index contributed by atoms with van der Waals surface area (Å²) in [4.78, 5) is 12.8. The summed E-state index contributed by atoms with van der Waals surface area (Å²) in [5.41, 5.74) is 0. The van der Waals surface area contributed by atoms with Crippen molar-refractivity contribution in [2.45, 2.75) is 26.8 Å². The van der Waals surface area contributed by atoms with Crippen LogP contribution in [0.3, 0.4) is 0 Å². The Kier molecular flexibility index (Phi) is 6.49. The van der Waals surface area contributed by atoms with E-state index in [0.717, 1.165) is 0 Å². The van der Waals surface area contributed by atoms with Gasteiger partial charge in [0.25, 0.3) is 0 Å². The van der Waals surface area contributed by atoms with Gasteiger partial charge in [0.1, 0.15) is 6.04 Å². The molecule has 0 aromatic rings. The number of carboxylic acid groups (broad SMARTS) is 1. The van der Waals surface area contributed by atoms with Crippen molar-refractivity contribution in [3.05, 3.63) is 0 Å². The Hall–Kier alpha value is -0.610. The Morgan fingerprint density at radius 2 is 2.07 bits per heavy atom. The molecule has 0 fully saturated rings. The van der Waals surface area contributed by atoms with Crippen LogP contribution >= 0.6 is 0 Å². The largest absolute Gasteiger partial charge is 0.480 e. The van der Waals surface area contributed by atoms with Gasteiger partial charge in [-0.1, -0.05) is 13.8 Å². The molecule has 84 valence electrons.